The molecule has 0 bridgehead atoms. The molecule has 0 saturated heterocycles. The fourth-order valence-electron chi connectivity index (χ4n) is 4.55. The van der Waals surface area contributed by atoms with E-state index in [1.165, 1.54) is 0 Å². The normalized spacial score (nSPS) is 17.3. The van der Waals surface area contributed by atoms with Crippen molar-refractivity contribution in [1.82, 2.24) is 0 Å². The zero-order valence-electron chi connectivity index (χ0n) is 19.2. The van der Waals surface area contributed by atoms with Gasteiger partial charge in [0.05, 0.1) is 13.2 Å². The van der Waals surface area contributed by atoms with Crippen molar-refractivity contribution in [2.24, 2.45) is 0 Å². The minimum atomic E-state index is -0.200. The third kappa shape index (κ3) is 4.46. The highest BCUT2D eigenvalue weighted by Crippen LogP contribution is 2.43. The molecule has 3 aromatic rings. The monoisotopic (exact) mass is 462 g/mol. The van der Waals surface area contributed by atoms with Gasteiger partial charge < -0.3 is 14.5 Å². The largest absolute Gasteiger partial charge is 0.497 e. The van der Waals surface area contributed by atoms with Gasteiger partial charge >= 0.3 is 0 Å². The first-order valence-corrected chi connectivity index (χ1v) is 11.3. The van der Waals surface area contributed by atoms with Crippen LogP contribution >= 0.6 is 11.6 Å². The average Bonchev–Trinajstić information content (AvgIpc) is 2.80. The Bertz CT molecular complexity index is 1170. The van der Waals surface area contributed by atoms with Crippen molar-refractivity contribution < 1.29 is 14.3 Å². The van der Waals surface area contributed by atoms with Crippen molar-refractivity contribution in [3.8, 4) is 5.75 Å². The van der Waals surface area contributed by atoms with Gasteiger partial charge in [0.15, 0.2) is 0 Å². The van der Waals surface area contributed by atoms with E-state index < -0.39 is 0 Å². The van der Waals surface area contributed by atoms with E-state index in [0.717, 1.165) is 22.5 Å². The zero-order valence-corrected chi connectivity index (χ0v) is 20.0. The van der Waals surface area contributed by atoms with E-state index in [9.17, 15) is 9.59 Å². The number of benzene rings is 3. The van der Waals surface area contributed by atoms with Crippen LogP contribution in [0.15, 0.2) is 66.7 Å². The Morgan fingerprint density at radius 3 is 2.30 bits per heavy atom. The molecule has 2 atom stereocenters. The molecule has 33 heavy (non-hydrogen) atoms. The summed E-state index contributed by atoms with van der Waals surface area (Å²) in [5, 5.41) is 0.617. The van der Waals surface area contributed by atoms with Crippen LogP contribution in [-0.4, -0.2) is 25.0 Å². The van der Waals surface area contributed by atoms with Gasteiger partial charge in [-0.25, -0.2) is 0 Å². The highest BCUT2D eigenvalue weighted by Gasteiger charge is 2.38. The number of hydrogen-bond donors (Lipinski definition) is 0. The van der Waals surface area contributed by atoms with Gasteiger partial charge in [-0.2, -0.15) is 0 Å². The van der Waals surface area contributed by atoms with Gasteiger partial charge in [0, 0.05) is 34.9 Å². The number of methoxy groups -OCH3 is 1. The molecule has 6 heteroatoms. The molecule has 0 saturated carbocycles. The summed E-state index contributed by atoms with van der Waals surface area (Å²) in [5.41, 5.74) is 4.21. The maximum absolute atomic E-state index is 13.6. The summed E-state index contributed by atoms with van der Waals surface area (Å²) in [7, 11) is 1.60. The number of carbonyl (C=O) groups is 2. The maximum Gasteiger partial charge on any atom is 0.258 e. The third-order valence-electron chi connectivity index (χ3n) is 6.12. The summed E-state index contributed by atoms with van der Waals surface area (Å²) >= 11 is 6.08. The molecule has 0 aromatic heterocycles. The van der Waals surface area contributed by atoms with Crippen molar-refractivity contribution in [3.05, 3.63) is 88.4 Å². The van der Waals surface area contributed by atoms with Gasteiger partial charge in [0.25, 0.3) is 5.91 Å². The van der Waals surface area contributed by atoms with E-state index in [1.807, 2.05) is 49.1 Å². The van der Waals surface area contributed by atoms with Crippen LogP contribution in [0.5, 0.6) is 5.75 Å². The van der Waals surface area contributed by atoms with Crippen LogP contribution in [0.1, 0.15) is 47.8 Å². The van der Waals surface area contributed by atoms with Gasteiger partial charge in [-0.1, -0.05) is 23.7 Å². The molecule has 2 amide bonds. The summed E-state index contributed by atoms with van der Waals surface area (Å²) < 4.78 is 5.23. The highest BCUT2D eigenvalue weighted by molar-refractivity contribution is 6.30. The van der Waals surface area contributed by atoms with Crippen molar-refractivity contribution in [3.63, 3.8) is 0 Å². The van der Waals surface area contributed by atoms with Gasteiger partial charge in [0.1, 0.15) is 5.75 Å². The molecule has 0 spiro atoms. The topological polar surface area (TPSA) is 49.9 Å². The number of carbonyl (C=O) groups excluding carboxylic acids is 2. The highest BCUT2D eigenvalue weighted by atomic mass is 35.5. The first-order chi connectivity index (χ1) is 15.8. The number of anilines is 2. The second kappa shape index (κ2) is 9.28. The van der Waals surface area contributed by atoms with Gasteiger partial charge in [-0.05, 0) is 86.0 Å². The molecule has 0 N–H and O–H groups in total. The number of ether oxygens (including phenoxy) is 1. The van der Waals surface area contributed by atoms with Gasteiger partial charge in [-0.3, -0.25) is 9.59 Å². The van der Waals surface area contributed by atoms with E-state index in [1.54, 1.807) is 55.3 Å². The summed E-state index contributed by atoms with van der Waals surface area (Å²) in [4.78, 5) is 30.1. The number of rotatable bonds is 4. The molecule has 5 nitrogen and oxygen atoms in total. The summed E-state index contributed by atoms with van der Waals surface area (Å²) in [6, 6.07) is 20.2. The fourth-order valence-corrected chi connectivity index (χ4v) is 4.67. The lowest BCUT2D eigenvalue weighted by atomic mass is 9.88. The first-order valence-electron chi connectivity index (χ1n) is 10.9. The Balaban J connectivity index is 1.78. The van der Waals surface area contributed by atoms with E-state index in [4.69, 9.17) is 16.3 Å². The number of amides is 2. The minimum absolute atomic E-state index is 0.0593. The molecular weight excluding hydrogens is 436 g/mol. The predicted octanol–water partition coefficient (Wildman–Crippen LogP) is 6.19. The van der Waals surface area contributed by atoms with E-state index in [0.29, 0.717) is 22.8 Å². The Hall–Kier alpha value is -3.31. The second-order valence-corrected chi connectivity index (χ2v) is 8.87. The lowest BCUT2D eigenvalue weighted by Crippen LogP contribution is -2.47. The van der Waals surface area contributed by atoms with E-state index >= 15 is 0 Å². The SMILES string of the molecule is COc1ccc(C(=O)N2c3cc(C)ccc3[C@@H](N(C(C)=O)c3ccc(Cl)cc3)CC2C)cc1. The molecule has 1 aliphatic rings. The van der Waals surface area contributed by atoms with Crippen LogP contribution in [0.4, 0.5) is 11.4 Å². The molecule has 0 radical (unpaired) electrons. The van der Waals surface area contributed by atoms with Crippen LogP contribution in [0.2, 0.25) is 5.02 Å². The Morgan fingerprint density at radius 1 is 1.03 bits per heavy atom. The molecule has 1 aliphatic heterocycles. The second-order valence-electron chi connectivity index (χ2n) is 8.43. The Labute approximate surface area is 199 Å². The molecule has 170 valence electrons. The molecule has 0 aliphatic carbocycles. The number of aryl methyl sites for hydroxylation is 1. The quantitative estimate of drug-likeness (QED) is 0.464. The van der Waals surface area contributed by atoms with Crippen LogP contribution in [0.3, 0.4) is 0 Å². The summed E-state index contributed by atoms with van der Waals surface area (Å²) in [6.07, 6.45) is 0.611. The fraction of sp³-hybridized carbons (Fsp3) is 0.259. The molecular formula is C27H27ClN2O3. The van der Waals surface area contributed by atoms with Crippen LogP contribution in [0.25, 0.3) is 0 Å². The maximum atomic E-state index is 13.6. The van der Waals surface area contributed by atoms with Crippen LogP contribution < -0.4 is 14.5 Å². The van der Waals surface area contributed by atoms with Crippen molar-refractivity contribution in [2.45, 2.75) is 39.3 Å². The molecule has 4 rings (SSSR count). The smallest absolute Gasteiger partial charge is 0.258 e. The lowest BCUT2D eigenvalue weighted by Gasteiger charge is -2.43. The number of nitrogens with zero attached hydrogens (tertiary/aromatic N) is 2. The number of halogens is 1. The first kappa shape index (κ1) is 22.9. The van der Waals surface area contributed by atoms with Crippen molar-refractivity contribution in [2.75, 3.05) is 16.9 Å². The average molecular weight is 463 g/mol. The minimum Gasteiger partial charge on any atom is -0.497 e. The van der Waals surface area contributed by atoms with Crippen LogP contribution in [-0.2, 0) is 4.79 Å². The molecule has 0 fully saturated rings. The van der Waals surface area contributed by atoms with E-state index in [2.05, 4.69) is 0 Å². The summed E-state index contributed by atoms with van der Waals surface area (Å²) in [6.45, 7) is 5.61. The van der Waals surface area contributed by atoms with Gasteiger partial charge in [-0.15, -0.1) is 0 Å². The Morgan fingerprint density at radius 2 is 1.70 bits per heavy atom. The number of fused-ring (bicyclic) bond motifs is 1. The van der Waals surface area contributed by atoms with Crippen molar-refractivity contribution >= 4 is 34.8 Å². The predicted molar refractivity (Wildman–Crippen MR) is 132 cm³/mol. The third-order valence-corrected chi connectivity index (χ3v) is 6.37. The summed E-state index contributed by atoms with van der Waals surface area (Å²) in [5.74, 6) is 0.571. The van der Waals surface area contributed by atoms with Crippen molar-refractivity contribution in [1.29, 1.82) is 0 Å². The molecule has 1 heterocycles. The number of hydrogen-bond acceptors (Lipinski definition) is 3. The zero-order chi connectivity index (χ0) is 23.7. The molecule has 1 unspecified atom stereocenters. The standard InChI is InChI=1S/C27H27ClN2O3/c1-17-5-14-24-25(15-17)29(27(32)20-6-12-23(33-4)13-7-20)18(2)16-26(24)30(19(3)31)22-10-8-21(28)9-11-22/h5-15,18,26H,16H2,1-4H3/t18?,26-/m0/s1. The van der Waals surface area contributed by atoms with Gasteiger partial charge in [0.2, 0.25) is 5.91 Å². The Kier molecular flexibility index (Phi) is 6.43. The van der Waals surface area contributed by atoms with E-state index in [-0.39, 0.29) is 23.9 Å². The molecule has 3 aromatic carbocycles. The van der Waals surface area contributed by atoms with Crippen LogP contribution in [0, 0.1) is 6.92 Å². The lowest BCUT2D eigenvalue weighted by molar-refractivity contribution is -0.117.